The summed E-state index contributed by atoms with van der Waals surface area (Å²) in [5.74, 6) is 0.494. The number of hydrogen-bond acceptors (Lipinski definition) is 0. The molecule has 96 valence electrons. The normalized spacial score (nSPS) is 21.1. The molecule has 2 unspecified atom stereocenters. The molecular weight excluding hydrogens is 202 g/mol. The van der Waals surface area contributed by atoms with Crippen LogP contribution in [0.5, 0.6) is 0 Å². The van der Waals surface area contributed by atoms with Crippen LogP contribution >= 0.6 is 0 Å². The van der Waals surface area contributed by atoms with Crippen molar-refractivity contribution in [2.45, 2.75) is 79.4 Å². The molecule has 0 N–H and O–H groups in total. The van der Waals surface area contributed by atoms with E-state index in [0.717, 1.165) is 6.42 Å². The molecule has 0 nitrogen and oxygen atoms in total. The zero-order chi connectivity index (χ0) is 14.3. The first-order chi connectivity index (χ1) is 7.25. The summed E-state index contributed by atoms with van der Waals surface area (Å²) in [4.78, 5) is 0. The Kier molecular flexibility index (Phi) is 4.70. The first kappa shape index (κ1) is 17.1. The van der Waals surface area contributed by atoms with E-state index in [-0.39, 0.29) is 10.8 Å². The van der Waals surface area contributed by atoms with E-state index in [0.29, 0.717) is 5.92 Å². The lowest BCUT2D eigenvalue weighted by Gasteiger charge is -2.61. The highest BCUT2D eigenvalue weighted by molar-refractivity contribution is 6.27. The average molecular weight is 232 g/mol. The van der Waals surface area contributed by atoms with Crippen molar-refractivity contribution in [1.29, 1.82) is 0 Å². The lowest BCUT2D eigenvalue weighted by atomic mass is 9.31. The fourth-order valence-corrected chi connectivity index (χ4v) is 2.34. The van der Waals surface area contributed by atoms with Gasteiger partial charge in [0.05, 0.1) is 15.7 Å². The van der Waals surface area contributed by atoms with Crippen molar-refractivity contribution in [3.8, 4) is 0 Å². The quantitative estimate of drug-likeness (QED) is 0.597. The van der Waals surface area contributed by atoms with Gasteiger partial charge in [-0.05, 0) is 16.7 Å². The predicted molar refractivity (Wildman–Crippen MR) is 80.9 cm³/mol. The molecule has 0 aliphatic heterocycles. The van der Waals surface area contributed by atoms with E-state index >= 15 is 0 Å². The van der Waals surface area contributed by atoms with Crippen LogP contribution in [0, 0.1) is 16.7 Å². The molecule has 0 saturated carbocycles. The minimum Gasteiger partial charge on any atom is -0.0673 e. The Morgan fingerprint density at radius 1 is 0.824 bits per heavy atom. The van der Waals surface area contributed by atoms with Gasteiger partial charge in [-0.15, -0.1) is 0 Å². The first-order valence-corrected chi connectivity index (χ1v) is 6.83. The molecule has 4 radical (unpaired) electrons. The summed E-state index contributed by atoms with van der Waals surface area (Å²) in [6.07, 6.45) is 1.03. The van der Waals surface area contributed by atoms with Crippen LogP contribution in [-0.2, 0) is 0 Å². The van der Waals surface area contributed by atoms with Gasteiger partial charge in [0, 0.05) is 0 Å². The van der Waals surface area contributed by atoms with Gasteiger partial charge in [0.15, 0.2) is 0 Å². The second-order valence-electron chi connectivity index (χ2n) is 7.52. The molecule has 0 bridgehead atoms. The van der Waals surface area contributed by atoms with Crippen molar-refractivity contribution < 1.29 is 0 Å². The summed E-state index contributed by atoms with van der Waals surface area (Å²) in [6.45, 7) is 19.8. The SMILES string of the molecule is [B]C(C)(C(C)(C)CC)C([B])(C)C(C)(C)C(C)C. The Morgan fingerprint density at radius 2 is 1.18 bits per heavy atom. The molecule has 2 atom stereocenters. The van der Waals surface area contributed by atoms with Crippen molar-refractivity contribution >= 4 is 15.7 Å². The first-order valence-electron chi connectivity index (χ1n) is 6.83. The van der Waals surface area contributed by atoms with Crippen molar-refractivity contribution in [2.75, 3.05) is 0 Å². The van der Waals surface area contributed by atoms with Crippen LogP contribution in [0.1, 0.15) is 68.7 Å². The lowest BCUT2D eigenvalue weighted by Crippen LogP contribution is -2.48. The van der Waals surface area contributed by atoms with Crippen LogP contribution in [0.4, 0.5) is 0 Å². The Morgan fingerprint density at radius 3 is 1.41 bits per heavy atom. The van der Waals surface area contributed by atoms with Gasteiger partial charge in [0.1, 0.15) is 0 Å². The topological polar surface area (TPSA) is 0 Å². The zero-order valence-corrected chi connectivity index (χ0v) is 13.4. The average Bonchev–Trinajstić information content (AvgIpc) is 2.16. The highest BCUT2D eigenvalue weighted by Gasteiger charge is 2.53. The Hall–Kier alpha value is 0.130. The maximum absolute atomic E-state index is 6.71. The highest BCUT2D eigenvalue weighted by atomic mass is 14.5. The van der Waals surface area contributed by atoms with E-state index in [4.69, 9.17) is 15.7 Å². The van der Waals surface area contributed by atoms with Crippen LogP contribution in [0.15, 0.2) is 0 Å². The summed E-state index contributed by atoms with van der Waals surface area (Å²) in [5, 5.41) is -0.837. The van der Waals surface area contributed by atoms with E-state index in [1.54, 1.807) is 0 Å². The van der Waals surface area contributed by atoms with Crippen LogP contribution in [0.2, 0.25) is 10.6 Å². The van der Waals surface area contributed by atoms with Crippen LogP contribution in [0.3, 0.4) is 0 Å². The maximum atomic E-state index is 6.71. The van der Waals surface area contributed by atoms with Crippen LogP contribution in [-0.4, -0.2) is 15.7 Å². The second-order valence-corrected chi connectivity index (χ2v) is 7.52. The van der Waals surface area contributed by atoms with Gasteiger partial charge in [0.25, 0.3) is 0 Å². The van der Waals surface area contributed by atoms with Gasteiger partial charge in [0.2, 0.25) is 0 Å². The zero-order valence-electron chi connectivity index (χ0n) is 13.4. The molecule has 0 fully saturated rings. The monoisotopic (exact) mass is 232 g/mol. The van der Waals surface area contributed by atoms with Gasteiger partial charge >= 0.3 is 0 Å². The van der Waals surface area contributed by atoms with Gasteiger partial charge in [-0.3, -0.25) is 0 Å². The summed E-state index contributed by atoms with van der Waals surface area (Å²) < 4.78 is 0. The Labute approximate surface area is 112 Å². The van der Waals surface area contributed by atoms with Gasteiger partial charge in [-0.2, -0.15) is 0 Å². The summed E-state index contributed by atoms with van der Waals surface area (Å²) in [5.41, 5.74) is 0.00556. The number of rotatable bonds is 5. The van der Waals surface area contributed by atoms with Crippen LogP contribution in [0.25, 0.3) is 0 Å². The number of hydrogen-bond donors (Lipinski definition) is 0. The van der Waals surface area contributed by atoms with E-state index in [9.17, 15) is 0 Å². The van der Waals surface area contributed by atoms with Gasteiger partial charge in [-0.25, -0.2) is 0 Å². The highest BCUT2D eigenvalue weighted by Crippen LogP contribution is 2.68. The smallest absolute Gasteiger partial charge is 0.0673 e. The molecule has 0 aliphatic rings. The van der Waals surface area contributed by atoms with Crippen molar-refractivity contribution in [2.24, 2.45) is 16.7 Å². The lowest BCUT2D eigenvalue weighted by molar-refractivity contribution is 0.0697. The van der Waals surface area contributed by atoms with E-state index in [2.05, 4.69) is 62.3 Å². The molecule has 0 rings (SSSR count). The molecule has 0 aromatic carbocycles. The predicted octanol–water partition coefficient (Wildman–Crippen LogP) is 4.80. The molecule has 0 heterocycles. The molecule has 0 amide bonds. The second kappa shape index (κ2) is 4.67. The fraction of sp³-hybridized carbons (Fsp3) is 1.00. The largest absolute Gasteiger partial charge is 0.0747 e. The van der Waals surface area contributed by atoms with Crippen molar-refractivity contribution in [3.05, 3.63) is 0 Å². The molecule has 0 saturated heterocycles. The summed E-state index contributed by atoms with van der Waals surface area (Å²) >= 11 is 0. The van der Waals surface area contributed by atoms with Gasteiger partial charge in [-0.1, -0.05) is 79.4 Å². The minimum absolute atomic E-state index is 0.0110. The van der Waals surface area contributed by atoms with Crippen molar-refractivity contribution in [1.82, 2.24) is 0 Å². The molecule has 0 aliphatic carbocycles. The third-order valence-corrected chi connectivity index (χ3v) is 6.15. The van der Waals surface area contributed by atoms with E-state index in [1.807, 2.05) is 0 Å². The van der Waals surface area contributed by atoms with Crippen molar-refractivity contribution in [3.63, 3.8) is 0 Å². The molecule has 0 spiro atoms. The Bertz CT molecular complexity index is 260. The molecule has 17 heavy (non-hydrogen) atoms. The van der Waals surface area contributed by atoms with E-state index < -0.39 is 10.6 Å². The third-order valence-electron chi connectivity index (χ3n) is 6.15. The minimum atomic E-state index is -0.423. The standard InChI is InChI=1S/C15H30B2/c1-10-12(4,5)14(8,16)15(9,17)13(6,7)11(2)3/h11H,10H2,1-9H3. The fourth-order valence-electron chi connectivity index (χ4n) is 2.34. The molecule has 0 aromatic heterocycles. The molecule has 2 heteroatoms. The molecular formula is C15H30B2. The van der Waals surface area contributed by atoms with E-state index in [1.165, 1.54) is 0 Å². The van der Waals surface area contributed by atoms with Gasteiger partial charge < -0.3 is 0 Å². The summed E-state index contributed by atoms with van der Waals surface area (Å²) in [6, 6.07) is 0. The third kappa shape index (κ3) is 2.47. The summed E-state index contributed by atoms with van der Waals surface area (Å²) in [7, 11) is 13.4. The Balaban J connectivity index is 5.61. The molecule has 0 aromatic rings. The van der Waals surface area contributed by atoms with Crippen LogP contribution < -0.4 is 0 Å². The maximum Gasteiger partial charge on any atom is 0.0747 e.